The zero-order valence-corrected chi connectivity index (χ0v) is 32.9. The molecule has 3 aromatic carbocycles. The van der Waals surface area contributed by atoms with E-state index in [-0.39, 0.29) is 21.1 Å². The smallest absolute Gasteiger partial charge is 0.509 e. The molecule has 3 aromatic heterocycles. The number of benzene rings is 3. The molecule has 0 saturated heterocycles. The minimum atomic E-state index is 0. The van der Waals surface area contributed by atoms with Gasteiger partial charge in [-0.05, 0) is 74.6 Å². The molecule has 266 valence electrons. The second-order valence-corrected chi connectivity index (χ2v) is 13.9. The molecular weight excluding hydrogens is 812 g/mol. The maximum atomic E-state index is 6.61. The summed E-state index contributed by atoms with van der Waals surface area (Å²) in [5.41, 5.74) is 9.50. The quantitative estimate of drug-likeness (QED) is 0.0909. The summed E-state index contributed by atoms with van der Waals surface area (Å²) in [4.78, 5) is 4.70. The number of methoxy groups -OCH3 is 1. The largest absolute Gasteiger partial charge is 2.00 e. The first-order chi connectivity index (χ1) is 24.4. The number of fused-ring (bicyclic) bond motifs is 3. The molecule has 0 spiro atoms. The van der Waals surface area contributed by atoms with Gasteiger partial charge in [0.15, 0.2) is 0 Å². The number of para-hydroxylation sites is 1. The van der Waals surface area contributed by atoms with E-state index in [1.807, 2.05) is 30.3 Å². The van der Waals surface area contributed by atoms with Crippen molar-refractivity contribution in [2.75, 3.05) is 7.11 Å². The Morgan fingerprint density at radius 1 is 0.902 bits per heavy atom. The van der Waals surface area contributed by atoms with E-state index in [2.05, 4.69) is 92.4 Å². The topological polar surface area (TPSA) is 54.1 Å². The van der Waals surface area contributed by atoms with Crippen LogP contribution in [-0.4, -0.2) is 26.4 Å². The molecule has 0 bridgehead atoms. The number of aromatic nitrogens is 4. The molecule has 0 fully saturated rings. The van der Waals surface area contributed by atoms with E-state index < -0.39 is 0 Å². The van der Waals surface area contributed by atoms with E-state index in [0.29, 0.717) is 23.3 Å². The standard InChI is InChI=1S/C44H48N4O2.Pt/c1-7-9-17-38-44(43-30(4)14-13-15-31(43)5)40(18-10-8-2)48(46-38)32-24-29(3)25-35(26-32)50-34-20-21-37-36-16-11-12-19-39(36)47(41(37)27-34)42-28-33(49-6)22-23-45-42;/h11-12,14,16,19-25,28,31,43H,7-10,13,15,17-18H2,1-6H3;/q-2;+2/t31-,43?;/m0./s1. The molecule has 1 aliphatic carbocycles. The van der Waals surface area contributed by atoms with Gasteiger partial charge in [0, 0.05) is 46.5 Å². The fourth-order valence-electron chi connectivity index (χ4n) is 7.79. The van der Waals surface area contributed by atoms with Gasteiger partial charge in [0.1, 0.15) is 11.6 Å². The van der Waals surface area contributed by atoms with Crippen molar-refractivity contribution in [3.05, 3.63) is 113 Å². The SMILES string of the molecule is CCCCc1nn(-c2[c-]c(Oc3[c-]c4c(cc3)c3ccccc3n4-c3cc(OC)ccn3)cc(C)c2)c(CCCC)c1C1C(C)=CCC[C@@H]1C.[Pt+2]. The molecule has 0 aliphatic heterocycles. The second kappa shape index (κ2) is 16.0. The molecule has 1 unspecified atom stereocenters. The molecule has 51 heavy (non-hydrogen) atoms. The molecule has 3 heterocycles. The zero-order chi connectivity index (χ0) is 34.8. The van der Waals surface area contributed by atoms with Gasteiger partial charge in [0.05, 0.1) is 12.8 Å². The molecule has 1 aliphatic rings. The van der Waals surface area contributed by atoms with Gasteiger partial charge in [-0.15, -0.1) is 35.7 Å². The molecule has 7 heteroatoms. The van der Waals surface area contributed by atoms with Gasteiger partial charge < -0.3 is 14.0 Å². The molecule has 0 radical (unpaired) electrons. The summed E-state index contributed by atoms with van der Waals surface area (Å²) in [5, 5.41) is 7.61. The molecule has 7 rings (SSSR count). The Balaban J connectivity index is 0.00000448. The van der Waals surface area contributed by atoms with Crippen LogP contribution in [0.25, 0.3) is 33.3 Å². The Morgan fingerprint density at radius 2 is 1.71 bits per heavy atom. The summed E-state index contributed by atoms with van der Waals surface area (Å²) in [7, 11) is 1.67. The van der Waals surface area contributed by atoms with Gasteiger partial charge in [0.25, 0.3) is 0 Å². The second-order valence-electron chi connectivity index (χ2n) is 13.9. The summed E-state index contributed by atoms with van der Waals surface area (Å²) in [6, 6.07) is 27.7. The van der Waals surface area contributed by atoms with Crippen molar-refractivity contribution in [3.63, 3.8) is 0 Å². The van der Waals surface area contributed by atoms with Crippen molar-refractivity contribution in [1.29, 1.82) is 0 Å². The van der Waals surface area contributed by atoms with Crippen molar-refractivity contribution in [1.82, 2.24) is 19.3 Å². The van der Waals surface area contributed by atoms with Gasteiger partial charge >= 0.3 is 21.1 Å². The van der Waals surface area contributed by atoms with Gasteiger partial charge in [-0.25, -0.2) is 4.98 Å². The normalized spacial score (nSPS) is 15.9. The van der Waals surface area contributed by atoms with Gasteiger partial charge in [0.2, 0.25) is 0 Å². The van der Waals surface area contributed by atoms with Crippen molar-refractivity contribution >= 4 is 21.8 Å². The van der Waals surface area contributed by atoms with Crippen molar-refractivity contribution in [2.45, 2.75) is 91.9 Å². The molecule has 0 saturated carbocycles. The Morgan fingerprint density at radius 3 is 2.49 bits per heavy atom. The Bertz CT molecular complexity index is 2180. The third-order valence-corrected chi connectivity index (χ3v) is 10.3. The minimum Gasteiger partial charge on any atom is -0.509 e. The Kier molecular flexibility index (Phi) is 11.5. The maximum absolute atomic E-state index is 6.61. The number of rotatable bonds is 12. The fraction of sp³-hybridized carbons (Fsp3) is 0.364. The molecular formula is C44H48N4O2Pt. The van der Waals surface area contributed by atoms with Crippen LogP contribution in [0.5, 0.6) is 17.2 Å². The molecule has 6 aromatic rings. The first-order valence-electron chi connectivity index (χ1n) is 18.4. The van der Waals surface area contributed by atoms with Crippen LogP contribution in [0.15, 0.2) is 78.5 Å². The summed E-state index contributed by atoms with van der Waals surface area (Å²) < 4.78 is 16.5. The number of unbranched alkanes of at least 4 members (excludes halogenated alkanes) is 2. The molecule has 2 atom stereocenters. The van der Waals surface area contributed by atoms with Crippen LogP contribution in [-0.2, 0) is 33.9 Å². The van der Waals surface area contributed by atoms with E-state index >= 15 is 0 Å². The third-order valence-electron chi connectivity index (χ3n) is 10.3. The van der Waals surface area contributed by atoms with E-state index in [0.717, 1.165) is 89.6 Å². The van der Waals surface area contributed by atoms with Crippen LogP contribution >= 0.6 is 0 Å². The number of hydrogen-bond donors (Lipinski definition) is 0. The van der Waals surface area contributed by atoms with Crippen LogP contribution < -0.4 is 9.47 Å². The number of aryl methyl sites for hydroxylation is 2. The predicted octanol–water partition coefficient (Wildman–Crippen LogP) is 11.2. The van der Waals surface area contributed by atoms with Crippen molar-refractivity contribution in [3.8, 4) is 28.8 Å². The van der Waals surface area contributed by atoms with Crippen molar-refractivity contribution < 1.29 is 30.5 Å². The summed E-state index contributed by atoms with van der Waals surface area (Å²) in [5.74, 6) is 3.77. The van der Waals surface area contributed by atoms with Crippen LogP contribution in [0, 0.1) is 25.0 Å². The number of pyridine rings is 1. The summed E-state index contributed by atoms with van der Waals surface area (Å²) >= 11 is 0. The van der Waals surface area contributed by atoms with E-state index in [1.54, 1.807) is 13.3 Å². The third kappa shape index (κ3) is 7.31. The minimum absolute atomic E-state index is 0. The van der Waals surface area contributed by atoms with E-state index in [1.165, 1.54) is 28.9 Å². The number of allylic oxidation sites excluding steroid dienone is 2. The Hall–Kier alpha value is -4.15. The van der Waals surface area contributed by atoms with Gasteiger partial charge in [-0.3, -0.25) is 4.68 Å². The van der Waals surface area contributed by atoms with Crippen LogP contribution in [0.3, 0.4) is 0 Å². The van der Waals surface area contributed by atoms with Crippen molar-refractivity contribution in [2.24, 2.45) is 5.92 Å². The maximum Gasteiger partial charge on any atom is 2.00 e. The fourth-order valence-corrected chi connectivity index (χ4v) is 7.79. The van der Waals surface area contributed by atoms with Crippen LogP contribution in [0.1, 0.15) is 94.7 Å². The van der Waals surface area contributed by atoms with E-state index in [9.17, 15) is 0 Å². The van der Waals surface area contributed by atoms with Crippen LogP contribution in [0.2, 0.25) is 0 Å². The first kappa shape index (κ1) is 36.6. The monoisotopic (exact) mass is 859 g/mol. The van der Waals surface area contributed by atoms with Crippen LogP contribution in [0.4, 0.5) is 0 Å². The summed E-state index contributed by atoms with van der Waals surface area (Å²) in [6.45, 7) is 11.4. The average Bonchev–Trinajstić information content (AvgIpc) is 3.64. The number of nitrogens with zero attached hydrogens (tertiary/aromatic N) is 4. The number of hydrogen-bond acceptors (Lipinski definition) is 4. The van der Waals surface area contributed by atoms with E-state index in [4.69, 9.17) is 19.6 Å². The zero-order valence-electron chi connectivity index (χ0n) is 30.7. The van der Waals surface area contributed by atoms with Gasteiger partial charge in [-0.2, -0.15) is 16.7 Å². The average molecular weight is 860 g/mol. The summed E-state index contributed by atoms with van der Waals surface area (Å²) in [6.07, 6.45) is 13.1. The molecule has 0 N–H and O–H groups in total. The van der Waals surface area contributed by atoms with Gasteiger partial charge in [-0.1, -0.05) is 75.9 Å². The first-order valence-corrected chi connectivity index (χ1v) is 18.4. The molecule has 0 amide bonds. The predicted molar refractivity (Wildman–Crippen MR) is 203 cm³/mol. The number of ether oxygens (including phenoxy) is 2. The Labute approximate surface area is 317 Å². The molecule has 6 nitrogen and oxygen atoms in total.